The lowest BCUT2D eigenvalue weighted by Crippen LogP contribution is -2.28. The molecular formula is C13H21BrN2OS. The molecule has 1 rings (SSSR count). The van der Waals surface area contributed by atoms with Crippen LogP contribution in [0.15, 0.2) is 15.9 Å². The van der Waals surface area contributed by atoms with Crippen molar-refractivity contribution in [2.75, 3.05) is 6.54 Å². The molecule has 3 N–H and O–H groups in total. The minimum absolute atomic E-state index is 0.0932. The normalized spacial score (nSPS) is 12.7. The van der Waals surface area contributed by atoms with E-state index in [1.54, 1.807) is 11.3 Å². The Morgan fingerprint density at radius 1 is 1.56 bits per heavy atom. The van der Waals surface area contributed by atoms with Crippen LogP contribution in [0.25, 0.3) is 0 Å². The number of rotatable bonds is 7. The van der Waals surface area contributed by atoms with Crippen LogP contribution in [-0.2, 0) is 11.3 Å². The molecule has 0 fully saturated rings. The van der Waals surface area contributed by atoms with E-state index in [1.165, 1.54) is 0 Å². The number of thiophene rings is 1. The van der Waals surface area contributed by atoms with Gasteiger partial charge in [0.05, 0.1) is 6.54 Å². The third-order valence-electron chi connectivity index (χ3n) is 2.69. The van der Waals surface area contributed by atoms with E-state index < -0.39 is 0 Å². The summed E-state index contributed by atoms with van der Waals surface area (Å²) in [4.78, 5) is 13.0. The molecule has 0 bridgehead atoms. The van der Waals surface area contributed by atoms with Gasteiger partial charge < -0.3 is 11.1 Å². The lowest BCUT2D eigenvalue weighted by Gasteiger charge is -2.16. The number of carbonyl (C=O) groups excluding carboxylic acids is 1. The molecule has 1 aromatic rings. The summed E-state index contributed by atoms with van der Waals surface area (Å²) >= 11 is 5.04. The van der Waals surface area contributed by atoms with Gasteiger partial charge in [0.15, 0.2) is 0 Å². The number of carbonyl (C=O) groups is 1. The molecule has 1 atom stereocenters. The molecule has 0 saturated carbocycles. The molecule has 1 aromatic heterocycles. The molecule has 5 heteroatoms. The summed E-state index contributed by atoms with van der Waals surface area (Å²) in [6.45, 7) is 5.50. The third-order valence-corrected chi connectivity index (χ3v) is 4.39. The molecule has 1 heterocycles. The summed E-state index contributed by atoms with van der Waals surface area (Å²) in [5.41, 5.74) is 5.70. The molecule has 1 unspecified atom stereocenters. The standard InChI is InChI=1S/C13H21BrN2OS/c1-9(2)3-10(6-15)4-13(17)16-7-12-5-11(14)8-18-12/h5,8-10H,3-4,6-7,15H2,1-2H3,(H,16,17). The maximum Gasteiger partial charge on any atom is 0.220 e. The highest BCUT2D eigenvalue weighted by atomic mass is 79.9. The highest BCUT2D eigenvalue weighted by molar-refractivity contribution is 9.10. The van der Waals surface area contributed by atoms with Gasteiger partial charge in [0.25, 0.3) is 0 Å². The van der Waals surface area contributed by atoms with E-state index in [-0.39, 0.29) is 5.91 Å². The van der Waals surface area contributed by atoms with Gasteiger partial charge in [-0.05, 0) is 46.8 Å². The molecule has 0 spiro atoms. The van der Waals surface area contributed by atoms with Crippen molar-refractivity contribution in [1.29, 1.82) is 0 Å². The molecule has 0 radical (unpaired) electrons. The number of halogens is 1. The van der Waals surface area contributed by atoms with E-state index in [4.69, 9.17) is 5.73 Å². The van der Waals surface area contributed by atoms with E-state index in [0.717, 1.165) is 15.8 Å². The van der Waals surface area contributed by atoms with Crippen LogP contribution >= 0.6 is 27.3 Å². The van der Waals surface area contributed by atoms with Gasteiger partial charge in [-0.1, -0.05) is 13.8 Å². The fourth-order valence-electron chi connectivity index (χ4n) is 1.90. The molecule has 1 amide bonds. The number of amides is 1. The second kappa shape index (κ2) is 7.92. The van der Waals surface area contributed by atoms with Crippen molar-refractivity contribution >= 4 is 33.2 Å². The first-order valence-corrected chi connectivity index (χ1v) is 7.88. The Kier molecular flexibility index (Phi) is 6.89. The Bertz CT molecular complexity index is 379. The summed E-state index contributed by atoms with van der Waals surface area (Å²) in [6, 6.07) is 2.03. The SMILES string of the molecule is CC(C)CC(CN)CC(=O)NCc1cc(Br)cs1. The molecule has 102 valence electrons. The average molecular weight is 333 g/mol. The second-order valence-electron chi connectivity index (χ2n) is 4.94. The largest absolute Gasteiger partial charge is 0.351 e. The predicted octanol–water partition coefficient (Wildman–Crippen LogP) is 3.14. The summed E-state index contributed by atoms with van der Waals surface area (Å²) in [7, 11) is 0. The number of nitrogens with one attached hydrogen (secondary N) is 1. The van der Waals surface area contributed by atoms with E-state index in [9.17, 15) is 4.79 Å². The Labute approximate surface area is 121 Å². The molecule has 0 aliphatic heterocycles. The van der Waals surface area contributed by atoms with Gasteiger partial charge in [-0.15, -0.1) is 11.3 Å². The highest BCUT2D eigenvalue weighted by Crippen LogP contribution is 2.19. The van der Waals surface area contributed by atoms with Gasteiger partial charge in [-0.3, -0.25) is 4.79 Å². The van der Waals surface area contributed by atoms with Crippen molar-refractivity contribution < 1.29 is 4.79 Å². The average Bonchev–Trinajstić information content (AvgIpc) is 2.71. The van der Waals surface area contributed by atoms with Crippen LogP contribution in [-0.4, -0.2) is 12.5 Å². The Hall–Kier alpha value is -0.390. The minimum Gasteiger partial charge on any atom is -0.351 e. The van der Waals surface area contributed by atoms with Gasteiger partial charge >= 0.3 is 0 Å². The Morgan fingerprint density at radius 2 is 2.28 bits per heavy atom. The van der Waals surface area contributed by atoms with Crippen molar-refractivity contribution in [3.05, 3.63) is 20.8 Å². The predicted molar refractivity (Wildman–Crippen MR) is 80.5 cm³/mol. The van der Waals surface area contributed by atoms with Crippen molar-refractivity contribution in [1.82, 2.24) is 5.32 Å². The van der Waals surface area contributed by atoms with Crippen LogP contribution in [0.2, 0.25) is 0 Å². The minimum atomic E-state index is 0.0932. The number of hydrogen-bond donors (Lipinski definition) is 2. The van der Waals surface area contributed by atoms with E-state index >= 15 is 0 Å². The molecule has 0 aromatic carbocycles. The van der Waals surface area contributed by atoms with Gasteiger partial charge in [-0.25, -0.2) is 0 Å². The summed E-state index contributed by atoms with van der Waals surface area (Å²) in [5, 5.41) is 4.96. The number of nitrogens with two attached hydrogens (primary N) is 1. The Balaban J connectivity index is 2.32. The summed E-state index contributed by atoms with van der Waals surface area (Å²) in [6.07, 6.45) is 1.54. The topological polar surface area (TPSA) is 55.1 Å². The molecule has 0 aliphatic carbocycles. The fourth-order valence-corrected chi connectivity index (χ4v) is 3.29. The zero-order valence-corrected chi connectivity index (χ0v) is 13.3. The molecular weight excluding hydrogens is 312 g/mol. The summed E-state index contributed by atoms with van der Waals surface area (Å²) in [5.74, 6) is 0.968. The van der Waals surface area contributed by atoms with E-state index in [1.807, 2.05) is 11.4 Å². The molecule has 18 heavy (non-hydrogen) atoms. The first-order valence-electron chi connectivity index (χ1n) is 6.21. The monoisotopic (exact) mass is 332 g/mol. The van der Waals surface area contributed by atoms with Crippen molar-refractivity contribution in [2.24, 2.45) is 17.6 Å². The van der Waals surface area contributed by atoms with Crippen molar-refractivity contribution in [3.8, 4) is 0 Å². The highest BCUT2D eigenvalue weighted by Gasteiger charge is 2.13. The van der Waals surface area contributed by atoms with Crippen LogP contribution in [0.5, 0.6) is 0 Å². The summed E-state index contributed by atoms with van der Waals surface area (Å²) < 4.78 is 1.07. The van der Waals surface area contributed by atoms with Gasteiger partial charge in [-0.2, -0.15) is 0 Å². The lowest BCUT2D eigenvalue weighted by atomic mass is 9.94. The molecule has 0 aliphatic rings. The van der Waals surface area contributed by atoms with Gasteiger partial charge in [0.1, 0.15) is 0 Å². The van der Waals surface area contributed by atoms with E-state index in [0.29, 0.717) is 31.3 Å². The van der Waals surface area contributed by atoms with Crippen LogP contribution in [0, 0.1) is 11.8 Å². The molecule has 0 saturated heterocycles. The first-order chi connectivity index (χ1) is 8.51. The van der Waals surface area contributed by atoms with Gasteiger partial charge in [0.2, 0.25) is 5.91 Å². The quantitative estimate of drug-likeness (QED) is 0.805. The van der Waals surface area contributed by atoms with Crippen molar-refractivity contribution in [2.45, 2.75) is 33.2 Å². The maximum absolute atomic E-state index is 11.8. The van der Waals surface area contributed by atoms with Crippen LogP contribution in [0.3, 0.4) is 0 Å². The second-order valence-corrected chi connectivity index (χ2v) is 6.85. The van der Waals surface area contributed by atoms with Crippen LogP contribution in [0.4, 0.5) is 0 Å². The van der Waals surface area contributed by atoms with Crippen LogP contribution in [0.1, 0.15) is 31.6 Å². The van der Waals surface area contributed by atoms with E-state index in [2.05, 4.69) is 35.1 Å². The Morgan fingerprint density at radius 3 is 2.78 bits per heavy atom. The maximum atomic E-state index is 11.8. The van der Waals surface area contributed by atoms with Gasteiger partial charge in [0, 0.05) is 21.2 Å². The van der Waals surface area contributed by atoms with Crippen LogP contribution < -0.4 is 11.1 Å². The zero-order chi connectivity index (χ0) is 13.5. The third kappa shape index (κ3) is 5.98. The lowest BCUT2D eigenvalue weighted by molar-refractivity contribution is -0.122. The first kappa shape index (κ1) is 15.7. The smallest absolute Gasteiger partial charge is 0.220 e. The molecule has 3 nitrogen and oxygen atoms in total. The van der Waals surface area contributed by atoms with Crippen molar-refractivity contribution in [3.63, 3.8) is 0 Å². The number of hydrogen-bond acceptors (Lipinski definition) is 3. The fraction of sp³-hybridized carbons (Fsp3) is 0.615. The zero-order valence-electron chi connectivity index (χ0n) is 10.9.